The van der Waals surface area contributed by atoms with Crippen LogP contribution in [0.15, 0.2) is 11.6 Å². The van der Waals surface area contributed by atoms with Gasteiger partial charge in [-0.25, -0.2) is 8.78 Å². The van der Waals surface area contributed by atoms with Crippen molar-refractivity contribution >= 4 is 15.9 Å². The van der Waals surface area contributed by atoms with Gasteiger partial charge in [-0.05, 0) is 12.8 Å². The van der Waals surface area contributed by atoms with Gasteiger partial charge in [0.15, 0.2) is 0 Å². The average molecular weight is 225 g/mol. The zero-order chi connectivity index (χ0) is 8.32. The van der Waals surface area contributed by atoms with Crippen LogP contribution < -0.4 is 0 Å². The Morgan fingerprint density at radius 1 is 1.36 bits per heavy atom. The van der Waals surface area contributed by atoms with Gasteiger partial charge < -0.3 is 0 Å². The Kier molecular flexibility index (Phi) is 3.05. The van der Waals surface area contributed by atoms with E-state index in [0.29, 0.717) is 12.8 Å². The molecule has 0 aromatic rings. The van der Waals surface area contributed by atoms with Crippen molar-refractivity contribution in [3.8, 4) is 0 Å². The molecule has 1 saturated carbocycles. The molecular formula is C8H11BrF2. The topological polar surface area (TPSA) is 0 Å². The summed E-state index contributed by atoms with van der Waals surface area (Å²) in [7, 11) is 0. The Morgan fingerprint density at radius 2 is 1.91 bits per heavy atom. The monoisotopic (exact) mass is 224 g/mol. The quantitative estimate of drug-likeness (QED) is 0.473. The predicted octanol–water partition coefficient (Wildman–Crippen LogP) is 3.52. The fourth-order valence-electron chi connectivity index (χ4n) is 1.25. The number of halogens is 3. The Balaban J connectivity index is 2.42. The molecule has 1 aliphatic rings. The van der Waals surface area contributed by atoms with E-state index in [1.807, 2.05) is 6.08 Å². The van der Waals surface area contributed by atoms with Crippen molar-refractivity contribution in [2.75, 3.05) is 5.33 Å². The largest absolute Gasteiger partial charge is 0.248 e. The lowest BCUT2D eigenvalue weighted by Gasteiger charge is -2.23. The second-order valence-electron chi connectivity index (χ2n) is 2.87. The second kappa shape index (κ2) is 3.65. The Labute approximate surface area is 73.8 Å². The first kappa shape index (κ1) is 9.17. The minimum absolute atomic E-state index is 0.0336. The summed E-state index contributed by atoms with van der Waals surface area (Å²) in [6.07, 6.45) is 3.20. The lowest BCUT2D eigenvalue weighted by Crippen LogP contribution is -2.20. The van der Waals surface area contributed by atoms with Crippen molar-refractivity contribution in [1.29, 1.82) is 0 Å². The van der Waals surface area contributed by atoms with Crippen LogP contribution in [0.2, 0.25) is 0 Å². The summed E-state index contributed by atoms with van der Waals surface area (Å²) < 4.78 is 25.2. The minimum atomic E-state index is -2.40. The third-order valence-electron chi connectivity index (χ3n) is 1.99. The second-order valence-corrected chi connectivity index (χ2v) is 3.52. The maximum atomic E-state index is 12.6. The molecule has 0 saturated heterocycles. The highest BCUT2D eigenvalue weighted by Crippen LogP contribution is 2.35. The molecule has 1 aliphatic carbocycles. The van der Waals surface area contributed by atoms with Crippen LogP contribution in [0.3, 0.4) is 0 Å². The molecule has 0 aromatic carbocycles. The van der Waals surface area contributed by atoms with Crippen molar-refractivity contribution in [2.24, 2.45) is 0 Å². The fraction of sp³-hybridized carbons (Fsp3) is 0.750. The summed E-state index contributed by atoms with van der Waals surface area (Å²) in [5, 5.41) is 0.786. The molecule has 0 amide bonds. The van der Waals surface area contributed by atoms with Gasteiger partial charge >= 0.3 is 0 Å². The highest BCUT2D eigenvalue weighted by molar-refractivity contribution is 9.09. The zero-order valence-corrected chi connectivity index (χ0v) is 7.83. The van der Waals surface area contributed by atoms with Gasteiger partial charge in [-0.2, -0.15) is 0 Å². The molecular weight excluding hydrogens is 214 g/mol. The standard InChI is InChI=1S/C8H11BrF2/c9-6-3-7-1-4-8(10,11)5-2-7/h3H,1-2,4-6H2. The molecule has 64 valence electrons. The normalized spacial score (nSPS) is 23.4. The van der Waals surface area contributed by atoms with Gasteiger partial charge in [0, 0.05) is 18.2 Å². The van der Waals surface area contributed by atoms with Crippen LogP contribution in [0.5, 0.6) is 0 Å². The maximum Gasteiger partial charge on any atom is 0.248 e. The number of hydrogen-bond acceptors (Lipinski definition) is 0. The van der Waals surface area contributed by atoms with Crippen molar-refractivity contribution in [2.45, 2.75) is 31.6 Å². The SMILES string of the molecule is FC1(F)CCC(=CCBr)CC1. The molecule has 1 rings (SSSR count). The third-order valence-corrected chi connectivity index (χ3v) is 2.31. The first-order chi connectivity index (χ1) is 5.14. The predicted molar refractivity (Wildman–Crippen MR) is 45.3 cm³/mol. The molecule has 0 spiro atoms. The number of allylic oxidation sites excluding steroid dienone is 2. The number of rotatable bonds is 1. The van der Waals surface area contributed by atoms with Crippen LogP contribution in [0.4, 0.5) is 8.78 Å². The smallest absolute Gasteiger partial charge is 0.207 e. The number of hydrogen-bond donors (Lipinski definition) is 0. The van der Waals surface area contributed by atoms with Crippen LogP contribution >= 0.6 is 15.9 Å². The van der Waals surface area contributed by atoms with Crippen molar-refractivity contribution in [1.82, 2.24) is 0 Å². The van der Waals surface area contributed by atoms with E-state index >= 15 is 0 Å². The molecule has 3 heteroatoms. The summed E-state index contributed by atoms with van der Waals surface area (Å²) in [4.78, 5) is 0. The van der Waals surface area contributed by atoms with E-state index in [9.17, 15) is 8.78 Å². The van der Waals surface area contributed by atoms with E-state index in [-0.39, 0.29) is 12.8 Å². The van der Waals surface area contributed by atoms with Crippen LogP contribution in [-0.4, -0.2) is 11.3 Å². The van der Waals surface area contributed by atoms with Crippen LogP contribution in [0.1, 0.15) is 25.7 Å². The van der Waals surface area contributed by atoms with Crippen molar-refractivity contribution in [3.05, 3.63) is 11.6 Å². The van der Waals surface area contributed by atoms with Gasteiger partial charge in [0.2, 0.25) is 5.92 Å². The molecule has 0 atom stereocenters. The molecule has 1 fully saturated rings. The highest BCUT2D eigenvalue weighted by atomic mass is 79.9. The van der Waals surface area contributed by atoms with Gasteiger partial charge in [0.1, 0.15) is 0 Å². The summed E-state index contributed by atoms with van der Waals surface area (Å²) >= 11 is 3.25. The van der Waals surface area contributed by atoms with E-state index in [4.69, 9.17) is 0 Å². The summed E-state index contributed by atoms with van der Waals surface area (Å²) in [5.74, 6) is -2.40. The molecule has 0 aliphatic heterocycles. The van der Waals surface area contributed by atoms with Gasteiger partial charge in [-0.3, -0.25) is 0 Å². The lowest BCUT2D eigenvalue weighted by molar-refractivity contribution is -0.0246. The van der Waals surface area contributed by atoms with Gasteiger partial charge in [0.25, 0.3) is 0 Å². The van der Waals surface area contributed by atoms with Crippen molar-refractivity contribution in [3.63, 3.8) is 0 Å². The Bertz CT molecular complexity index is 151. The third kappa shape index (κ3) is 2.89. The maximum absolute atomic E-state index is 12.6. The van der Waals surface area contributed by atoms with Crippen molar-refractivity contribution < 1.29 is 8.78 Å². The summed E-state index contributed by atoms with van der Waals surface area (Å²) in [6.45, 7) is 0. The molecule has 0 heterocycles. The van der Waals surface area contributed by atoms with Crippen LogP contribution in [0.25, 0.3) is 0 Å². The van der Waals surface area contributed by atoms with E-state index in [1.54, 1.807) is 0 Å². The molecule has 0 unspecified atom stereocenters. The fourth-order valence-corrected chi connectivity index (χ4v) is 1.71. The summed E-state index contributed by atoms with van der Waals surface area (Å²) in [5.41, 5.74) is 1.17. The summed E-state index contributed by atoms with van der Waals surface area (Å²) in [6, 6.07) is 0. The lowest BCUT2D eigenvalue weighted by atomic mass is 9.92. The molecule has 0 aromatic heterocycles. The molecule has 0 N–H and O–H groups in total. The van der Waals surface area contributed by atoms with Gasteiger partial charge in [-0.15, -0.1) is 0 Å². The highest BCUT2D eigenvalue weighted by Gasteiger charge is 2.32. The molecule has 11 heavy (non-hydrogen) atoms. The molecule has 0 radical (unpaired) electrons. The van der Waals surface area contributed by atoms with Crippen LogP contribution in [-0.2, 0) is 0 Å². The van der Waals surface area contributed by atoms with Gasteiger partial charge in [-0.1, -0.05) is 27.6 Å². The zero-order valence-electron chi connectivity index (χ0n) is 6.25. The number of alkyl halides is 3. The first-order valence-corrected chi connectivity index (χ1v) is 4.88. The van der Waals surface area contributed by atoms with E-state index in [0.717, 1.165) is 5.33 Å². The van der Waals surface area contributed by atoms with E-state index < -0.39 is 5.92 Å². The van der Waals surface area contributed by atoms with E-state index in [2.05, 4.69) is 15.9 Å². The van der Waals surface area contributed by atoms with E-state index in [1.165, 1.54) is 5.57 Å². The Morgan fingerprint density at radius 3 is 2.36 bits per heavy atom. The Hall–Kier alpha value is 0.0800. The molecule has 0 nitrogen and oxygen atoms in total. The van der Waals surface area contributed by atoms with Gasteiger partial charge in [0.05, 0.1) is 0 Å². The molecule has 0 bridgehead atoms. The first-order valence-electron chi connectivity index (χ1n) is 3.76. The van der Waals surface area contributed by atoms with Crippen LogP contribution in [0, 0.1) is 0 Å². The minimum Gasteiger partial charge on any atom is -0.207 e. The average Bonchev–Trinajstić information content (AvgIpc) is 1.94.